The molecule has 2 aromatic carbocycles. The van der Waals surface area contributed by atoms with Gasteiger partial charge in [0.25, 0.3) is 5.91 Å². The summed E-state index contributed by atoms with van der Waals surface area (Å²) in [5, 5.41) is 8.13. The van der Waals surface area contributed by atoms with Crippen LogP contribution in [-0.4, -0.2) is 46.5 Å². The van der Waals surface area contributed by atoms with Crippen LogP contribution in [0.4, 0.5) is 5.82 Å². The first-order chi connectivity index (χ1) is 19.8. The number of ether oxygens (including phenoxy) is 4. The van der Waals surface area contributed by atoms with Crippen molar-refractivity contribution in [3.05, 3.63) is 83.4 Å². The van der Waals surface area contributed by atoms with E-state index < -0.39 is 5.91 Å². The molecule has 210 valence electrons. The summed E-state index contributed by atoms with van der Waals surface area (Å²) in [5.41, 5.74) is 5.04. The quantitative estimate of drug-likeness (QED) is 0.230. The lowest BCUT2D eigenvalue weighted by molar-refractivity contribution is 0.101. The number of carbonyl (C=O) groups excluding carboxylic acids is 1. The van der Waals surface area contributed by atoms with Crippen LogP contribution in [0, 0.1) is 20.8 Å². The van der Waals surface area contributed by atoms with Crippen molar-refractivity contribution in [2.75, 3.05) is 26.1 Å². The molecule has 1 amide bonds. The van der Waals surface area contributed by atoms with E-state index in [1.54, 1.807) is 55.6 Å². The number of amides is 1. The molecule has 10 nitrogen and oxygen atoms in total. The van der Waals surface area contributed by atoms with Crippen LogP contribution in [0.2, 0.25) is 0 Å². The zero-order valence-electron chi connectivity index (χ0n) is 23.8. The number of nitrogens with one attached hydrogen (secondary N) is 1. The van der Waals surface area contributed by atoms with E-state index in [9.17, 15) is 4.79 Å². The van der Waals surface area contributed by atoms with Gasteiger partial charge in [-0.1, -0.05) is 17.7 Å². The average molecular weight is 554 g/mol. The standard InChI is InChI=1S/C31H31N5O5/c1-7-40-27-17-36(30-19(3)12-18(2)13-20(30)4)35-29(27)31(37)34-28-9-8-21(16-33-28)41-24-10-11-32-23-15-26(39-6)25(38-5)14-22(23)24/h8-17H,7H2,1-6H3,(H,33,34,37). The van der Waals surface area contributed by atoms with Crippen molar-refractivity contribution < 1.29 is 23.7 Å². The lowest BCUT2D eigenvalue weighted by Gasteiger charge is -2.12. The predicted octanol–water partition coefficient (Wildman–Crippen LogP) is 6.20. The van der Waals surface area contributed by atoms with Gasteiger partial charge in [-0.05, 0) is 63.1 Å². The largest absolute Gasteiger partial charge is 0.493 e. The maximum atomic E-state index is 13.2. The van der Waals surface area contributed by atoms with Gasteiger partial charge in [0.1, 0.15) is 17.3 Å². The van der Waals surface area contributed by atoms with Gasteiger partial charge in [-0.2, -0.15) is 5.10 Å². The summed E-state index contributed by atoms with van der Waals surface area (Å²) in [6.07, 6.45) is 4.92. The smallest absolute Gasteiger partial charge is 0.281 e. The zero-order valence-corrected chi connectivity index (χ0v) is 23.8. The molecular formula is C31H31N5O5. The Balaban J connectivity index is 1.36. The molecule has 0 saturated carbocycles. The molecule has 0 radical (unpaired) electrons. The number of methoxy groups -OCH3 is 2. The van der Waals surface area contributed by atoms with Gasteiger partial charge in [-0.15, -0.1) is 0 Å². The van der Waals surface area contributed by atoms with E-state index >= 15 is 0 Å². The molecule has 0 aliphatic rings. The number of aromatic nitrogens is 4. The summed E-state index contributed by atoms with van der Waals surface area (Å²) < 4.78 is 24.3. The van der Waals surface area contributed by atoms with Crippen LogP contribution in [0.15, 0.2) is 61.1 Å². The van der Waals surface area contributed by atoms with E-state index in [1.807, 2.05) is 26.8 Å². The van der Waals surface area contributed by atoms with E-state index in [0.29, 0.717) is 46.7 Å². The second kappa shape index (κ2) is 11.5. The van der Waals surface area contributed by atoms with Gasteiger partial charge in [0.15, 0.2) is 22.9 Å². The van der Waals surface area contributed by atoms with Crippen LogP contribution >= 0.6 is 0 Å². The number of aryl methyl sites for hydroxylation is 3. The predicted molar refractivity (Wildman–Crippen MR) is 156 cm³/mol. The molecule has 0 unspecified atom stereocenters. The highest BCUT2D eigenvalue weighted by Crippen LogP contribution is 2.37. The first-order valence-electron chi connectivity index (χ1n) is 13.1. The Labute approximate surface area is 237 Å². The fourth-order valence-electron chi connectivity index (χ4n) is 4.78. The topological polar surface area (TPSA) is 110 Å². The summed E-state index contributed by atoms with van der Waals surface area (Å²) in [7, 11) is 3.15. The first kappa shape index (κ1) is 27.4. The third kappa shape index (κ3) is 5.62. The Morgan fingerprint density at radius 3 is 2.29 bits per heavy atom. The number of pyridine rings is 2. The Bertz CT molecular complexity index is 1710. The maximum absolute atomic E-state index is 13.2. The summed E-state index contributed by atoms with van der Waals surface area (Å²) >= 11 is 0. The fourth-order valence-corrected chi connectivity index (χ4v) is 4.78. The highest BCUT2D eigenvalue weighted by Gasteiger charge is 2.21. The van der Waals surface area contributed by atoms with Gasteiger partial charge in [0.2, 0.25) is 0 Å². The lowest BCUT2D eigenvalue weighted by Crippen LogP contribution is -2.15. The van der Waals surface area contributed by atoms with Crippen molar-refractivity contribution in [2.45, 2.75) is 27.7 Å². The molecule has 5 aromatic rings. The third-order valence-electron chi connectivity index (χ3n) is 6.47. The van der Waals surface area contributed by atoms with Crippen LogP contribution < -0.4 is 24.3 Å². The minimum absolute atomic E-state index is 0.168. The third-order valence-corrected chi connectivity index (χ3v) is 6.47. The number of hydrogen-bond donors (Lipinski definition) is 1. The van der Waals surface area contributed by atoms with Gasteiger partial charge in [-0.25, -0.2) is 9.67 Å². The molecule has 0 saturated heterocycles. The number of rotatable bonds is 9. The van der Waals surface area contributed by atoms with E-state index in [0.717, 1.165) is 27.8 Å². The van der Waals surface area contributed by atoms with E-state index in [1.165, 1.54) is 6.20 Å². The van der Waals surface area contributed by atoms with Crippen LogP contribution in [0.3, 0.4) is 0 Å². The first-order valence-corrected chi connectivity index (χ1v) is 13.1. The monoisotopic (exact) mass is 553 g/mol. The van der Waals surface area contributed by atoms with Crippen molar-refractivity contribution >= 4 is 22.6 Å². The van der Waals surface area contributed by atoms with Crippen LogP contribution in [0.5, 0.6) is 28.7 Å². The van der Waals surface area contributed by atoms with Crippen LogP contribution in [-0.2, 0) is 0 Å². The number of hydrogen-bond acceptors (Lipinski definition) is 8. The molecule has 1 N–H and O–H groups in total. The normalized spacial score (nSPS) is 10.9. The molecule has 3 aromatic heterocycles. The van der Waals surface area contributed by atoms with Gasteiger partial charge >= 0.3 is 0 Å². The van der Waals surface area contributed by atoms with Gasteiger partial charge in [0, 0.05) is 17.6 Å². The SMILES string of the molecule is CCOc1cn(-c2c(C)cc(C)cc2C)nc1C(=O)Nc1ccc(Oc2ccnc3cc(OC)c(OC)cc23)cn1. The Hall–Kier alpha value is -5.12. The molecule has 0 atom stereocenters. The minimum atomic E-state index is -0.433. The van der Waals surface area contributed by atoms with Crippen LogP contribution in [0.25, 0.3) is 16.6 Å². The molecule has 0 spiro atoms. The second-order valence-corrected chi connectivity index (χ2v) is 9.44. The number of anilines is 1. The molecule has 10 heteroatoms. The van der Waals surface area contributed by atoms with Crippen molar-refractivity contribution in [1.29, 1.82) is 0 Å². The van der Waals surface area contributed by atoms with Crippen molar-refractivity contribution in [1.82, 2.24) is 19.7 Å². The number of benzene rings is 2. The number of carbonyl (C=O) groups is 1. The van der Waals surface area contributed by atoms with E-state index in [2.05, 4.69) is 39.4 Å². The molecule has 5 rings (SSSR count). The van der Waals surface area contributed by atoms with E-state index in [4.69, 9.17) is 18.9 Å². The molecule has 0 bridgehead atoms. The average Bonchev–Trinajstić information content (AvgIpc) is 3.36. The zero-order chi connectivity index (χ0) is 29.1. The van der Waals surface area contributed by atoms with Crippen LogP contribution in [0.1, 0.15) is 34.1 Å². The van der Waals surface area contributed by atoms with Gasteiger partial charge in [-0.3, -0.25) is 9.78 Å². The molecule has 0 aliphatic heterocycles. The minimum Gasteiger partial charge on any atom is -0.493 e. The number of fused-ring (bicyclic) bond motifs is 1. The summed E-state index contributed by atoms with van der Waals surface area (Å²) in [6, 6.07) is 12.9. The molecule has 0 aliphatic carbocycles. The van der Waals surface area contributed by atoms with E-state index in [-0.39, 0.29) is 5.69 Å². The Morgan fingerprint density at radius 2 is 1.63 bits per heavy atom. The molecular weight excluding hydrogens is 522 g/mol. The summed E-state index contributed by atoms with van der Waals surface area (Å²) in [6.45, 7) is 8.35. The maximum Gasteiger partial charge on any atom is 0.281 e. The Morgan fingerprint density at radius 1 is 0.902 bits per heavy atom. The molecule has 41 heavy (non-hydrogen) atoms. The second-order valence-electron chi connectivity index (χ2n) is 9.44. The molecule has 0 fully saturated rings. The summed E-state index contributed by atoms with van der Waals surface area (Å²) in [4.78, 5) is 22.0. The highest BCUT2D eigenvalue weighted by atomic mass is 16.5. The highest BCUT2D eigenvalue weighted by molar-refractivity contribution is 6.04. The lowest BCUT2D eigenvalue weighted by atomic mass is 10.1. The fraction of sp³-hybridized carbons (Fsp3) is 0.226. The number of nitrogens with zero attached hydrogens (tertiary/aromatic N) is 4. The van der Waals surface area contributed by atoms with Crippen molar-refractivity contribution in [3.63, 3.8) is 0 Å². The van der Waals surface area contributed by atoms with Crippen molar-refractivity contribution in [3.8, 4) is 34.4 Å². The van der Waals surface area contributed by atoms with Gasteiger partial charge in [0.05, 0.1) is 44.4 Å². The Kier molecular flexibility index (Phi) is 7.73. The molecule has 3 heterocycles. The van der Waals surface area contributed by atoms with Gasteiger partial charge < -0.3 is 24.3 Å². The van der Waals surface area contributed by atoms with Crippen molar-refractivity contribution in [2.24, 2.45) is 0 Å². The summed E-state index contributed by atoms with van der Waals surface area (Å²) in [5.74, 6) is 2.49.